The molecule has 0 aromatic heterocycles. The quantitative estimate of drug-likeness (QED) is 0.655. The van der Waals surface area contributed by atoms with E-state index in [1.165, 1.54) is 6.07 Å². The van der Waals surface area contributed by atoms with Crippen molar-refractivity contribution >= 4 is 0 Å². The summed E-state index contributed by atoms with van der Waals surface area (Å²) < 4.78 is 13.0. The summed E-state index contributed by atoms with van der Waals surface area (Å²) in [4.78, 5) is 0. The molecule has 0 unspecified atom stereocenters. The molecule has 60 valence electrons. The second kappa shape index (κ2) is 3.01. The van der Waals surface area contributed by atoms with Gasteiger partial charge in [-0.05, 0) is 36.6 Å². The van der Waals surface area contributed by atoms with E-state index in [9.17, 15) is 4.39 Å². The third kappa shape index (κ3) is 1.57. The number of benzene rings is 1. The zero-order valence-corrected chi connectivity index (χ0v) is 6.82. The van der Waals surface area contributed by atoms with Crippen molar-refractivity contribution in [2.75, 3.05) is 0 Å². The Labute approximate surface area is 66.0 Å². The number of rotatable bonds is 1. The molecule has 0 aliphatic rings. The van der Waals surface area contributed by atoms with Gasteiger partial charge in [-0.1, -0.05) is 6.07 Å². The van der Waals surface area contributed by atoms with Crippen molar-refractivity contribution in [3.05, 3.63) is 34.6 Å². The first-order valence-corrected chi connectivity index (χ1v) is 3.61. The van der Waals surface area contributed by atoms with Gasteiger partial charge in [0.1, 0.15) is 5.82 Å². The summed E-state index contributed by atoms with van der Waals surface area (Å²) in [5.41, 5.74) is 7.90. The molecular formula is C9H12FN. The van der Waals surface area contributed by atoms with Gasteiger partial charge in [0.15, 0.2) is 0 Å². The van der Waals surface area contributed by atoms with Crippen LogP contribution in [0.25, 0.3) is 0 Å². The van der Waals surface area contributed by atoms with E-state index in [-0.39, 0.29) is 5.82 Å². The average Bonchev–Trinajstić information content (AvgIpc) is 1.99. The van der Waals surface area contributed by atoms with Crippen LogP contribution in [0.2, 0.25) is 0 Å². The maximum atomic E-state index is 13.0. The van der Waals surface area contributed by atoms with Crippen LogP contribution in [0.4, 0.5) is 4.39 Å². The number of hydrogen-bond donors (Lipinski definition) is 1. The van der Waals surface area contributed by atoms with E-state index in [2.05, 4.69) is 0 Å². The zero-order valence-electron chi connectivity index (χ0n) is 6.82. The maximum Gasteiger partial charge on any atom is 0.126 e. The van der Waals surface area contributed by atoms with Gasteiger partial charge < -0.3 is 5.73 Å². The van der Waals surface area contributed by atoms with Crippen LogP contribution in [-0.4, -0.2) is 0 Å². The van der Waals surface area contributed by atoms with Gasteiger partial charge in [0.25, 0.3) is 0 Å². The van der Waals surface area contributed by atoms with Crippen LogP contribution in [0.3, 0.4) is 0 Å². The Hall–Kier alpha value is -0.890. The highest BCUT2D eigenvalue weighted by molar-refractivity contribution is 5.31. The number of hydrogen-bond acceptors (Lipinski definition) is 1. The largest absolute Gasteiger partial charge is 0.326 e. The minimum atomic E-state index is -0.162. The summed E-state index contributed by atoms with van der Waals surface area (Å²) >= 11 is 0. The molecule has 0 radical (unpaired) electrons. The highest BCUT2D eigenvalue weighted by Gasteiger charge is 2.01. The first-order chi connectivity index (χ1) is 5.15. The smallest absolute Gasteiger partial charge is 0.126 e. The first-order valence-electron chi connectivity index (χ1n) is 3.61. The molecule has 0 bridgehead atoms. The molecule has 0 heterocycles. The highest BCUT2D eigenvalue weighted by Crippen LogP contribution is 2.13. The van der Waals surface area contributed by atoms with Crippen molar-refractivity contribution in [2.24, 2.45) is 5.73 Å². The van der Waals surface area contributed by atoms with Crippen molar-refractivity contribution in [1.82, 2.24) is 0 Å². The minimum Gasteiger partial charge on any atom is -0.326 e. The maximum absolute atomic E-state index is 13.0. The molecule has 0 aliphatic heterocycles. The van der Waals surface area contributed by atoms with Gasteiger partial charge in [-0.25, -0.2) is 4.39 Å². The predicted octanol–water partition coefficient (Wildman–Crippen LogP) is 1.90. The van der Waals surface area contributed by atoms with Crippen molar-refractivity contribution in [2.45, 2.75) is 20.4 Å². The summed E-state index contributed by atoms with van der Waals surface area (Å²) in [6, 6.07) is 3.40. The Bertz CT molecular complexity index is 245. The molecule has 1 aromatic rings. The summed E-state index contributed by atoms with van der Waals surface area (Å²) in [5.74, 6) is -0.162. The summed E-state index contributed by atoms with van der Waals surface area (Å²) in [6.07, 6.45) is 0. The van der Waals surface area contributed by atoms with Gasteiger partial charge in [-0.2, -0.15) is 0 Å². The van der Waals surface area contributed by atoms with E-state index in [0.29, 0.717) is 12.1 Å². The Morgan fingerprint density at radius 3 is 2.45 bits per heavy atom. The van der Waals surface area contributed by atoms with E-state index < -0.39 is 0 Å². The molecule has 11 heavy (non-hydrogen) atoms. The Morgan fingerprint density at radius 2 is 2.00 bits per heavy atom. The van der Waals surface area contributed by atoms with E-state index in [0.717, 1.165) is 11.1 Å². The fraction of sp³-hybridized carbons (Fsp3) is 0.333. The van der Waals surface area contributed by atoms with Gasteiger partial charge in [-0.3, -0.25) is 0 Å². The van der Waals surface area contributed by atoms with E-state index in [1.54, 1.807) is 6.92 Å². The molecule has 2 heteroatoms. The molecule has 0 atom stereocenters. The van der Waals surface area contributed by atoms with Gasteiger partial charge in [-0.15, -0.1) is 0 Å². The topological polar surface area (TPSA) is 26.0 Å². The number of halogens is 1. The van der Waals surface area contributed by atoms with Crippen LogP contribution < -0.4 is 5.73 Å². The molecule has 1 aromatic carbocycles. The van der Waals surface area contributed by atoms with Crippen LogP contribution in [0, 0.1) is 19.7 Å². The fourth-order valence-electron chi connectivity index (χ4n) is 1.01. The Balaban J connectivity index is 3.21. The van der Waals surface area contributed by atoms with E-state index >= 15 is 0 Å². The minimum absolute atomic E-state index is 0.162. The van der Waals surface area contributed by atoms with Crippen LogP contribution in [-0.2, 0) is 6.54 Å². The summed E-state index contributed by atoms with van der Waals surface area (Å²) in [5, 5.41) is 0. The van der Waals surface area contributed by atoms with Gasteiger partial charge in [0.05, 0.1) is 0 Å². The molecule has 0 fully saturated rings. The van der Waals surface area contributed by atoms with Gasteiger partial charge in [0.2, 0.25) is 0 Å². The molecule has 0 amide bonds. The average molecular weight is 153 g/mol. The van der Waals surface area contributed by atoms with Crippen molar-refractivity contribution in [3.63, 3.8) is 0 Å². The van der Waals surface area contributed by atoms with Crippen molar-refractivity contribution < 1.29 is 4.39 Å². The van der Waals surface area contributed by atoms with Gasteiger partial charge >= 0.3 is 0 Å². The molecule has 0 spiro atoms. The normalized spacial score (nSPS) is 10.2. The lowest BCUT2D eigenvalue weighted by molar-refractivity contribution is 0.614. The van der Waals surface area contributed by atoms with Crippen LogP contribution in [0.1, 0.15) is 16.7 Å². The Kier molecular flexibility index (Phi) is 2.25. The van der Waals surface area contributed by atoms with Crippen LogP contribution in [0.5, 0.6) is 0 Å². The standard InChI is InChI=1S/C9H12FN/c1-6-3-8(5-11)4-9(10)7(6)2/h3-4H,5,11H2,1-2H3. The molecule has 0 saturated heterocycles. The lowest BCUT2D eigenvalue weighted by Crippen LogP contribution is -1.99. The number of nitrogens with two attached hydrogens (primary N) is 1. The van der Waals surface area contributed by atoms with E-state index in [4.69, 9.17) is 5.73 Å². The highest BCUT2D eigenvalue weighted by atomic mass is 19.1. The molecule has 0 aliphatic carbocycles. The molecule has 1 nitrogen and oxygen atoms in total. The Morgan fingerprint density at radius 1 is 1.36 bits per heavy atom. The molecule has 1 rings (SSSR count). The third-order valence-corrected chi connectivity index (χ3v) is 1.90. The SMILES string of the molecule is Cc1cc(CN)cc(F)c1C. The second-order valence-electron chi connectivity index (χ2n) is 2.72. The molecule has 0 saturated carbocycles. The summed E-state index contributed by atoms with van der Waals surface area (Å²) in [7, 11) is 0. The lowest BCUT2D eigenvalue weighted by atomic mass is 10.1. The fourth-order valence-corrected chi connectivity index (χ4v) is 1.01. The van der Waals surface area contributed by atoms with Crippen molar-refractivity contribution in [1.29, 1.82) is 0 Å². The monoisotopic (exact) mass is 153 g/mol. The second-order valence-corrected chi connectivity index (χ2v) is 2.72. The zero-order chi connectivity index (χ0) is 8.43. The van der Waals surface area contributed by atoms with E-state index in [1.807, 2.05) is 13.0 Å². The van der Waals surface area contributed by atoms with Crippen molar-refractivity contribution in [3.8, 4) is 0 Å². The lowest BCUT2D eigenvalue weighted by Gasteiger charge is -2.03. The van der Waals surface area contributed by atoms with Crippen LogP contribution >= 0.6 is 0 Å². The first kappa shape index (κ1) is 8.21. The summed E-state index contributed by atoms with van der Waals surface area (Å²) in [6.45, 7) is 4.06. The molecule has 2 N–H and O–H groups in total. The third-order valence-electron chi connectivity index (χ3n) is 1.90. The predicted molar refractivity (Wildman–Crippen MR) is 43.8 cm³/mol. The van der Waals surface area contributed by atoms with Crippen LogP contribution in [0.15, 0.2) is 12.1 Å². The molecular weight excluding hydrogens is 141 g/mol. The number of aryl methyl sites for hydroxylation is 1. The van der Waals surface area contributed by atoms with Gasteiger partial charge in [0, 0.05) is 6.54 Å².